The Hall–Kier alpha value is -0.750. The summed E-state index contributed by atoms with van der Waals surface area (Å²) in [5, 5.41) is 3.26. The highest BCUT2D eigenvalue weighted by Crippen LogP contribution is 2.30. The Kier molecular flexibility index (Phi) is 4.96. The molecular weight excluding hydrogens is 431 g/mol. The maximum absolute atomic E-state index is 12.2. The number of hydrogen-bond donors (Lipinski definition) is 2. The van der Waals surface area contributed by atoms with Crippen molar-refractivity contribution in [2.45, 2.75) is 0 Å². The molecule has 0 saturated heterocycles. The van der Waals surface area contributed by atoms with Crippen molar-refractivity contribution >= 4 is 72.3 Å². The van der Waals surface area contributed by atoms with E-state index in [2.05, 4.69) is 37.2 Å². The fraction of sp³-hybridized carbons (Fsp3) is 0. The molecule has 0 radical (unpaired) electrons. The van der Waals surface area contributed by atoms with E-state index in [9.17, 15) is 4.79 Å². The Labute approximate surface area is 142 Å². The van der Waals surface area contributed by atoms with Gasteiger partial charge in [0.05, 0.1) is 21.4 Å². The van der Waals surface area contributed by atoms with Gasteiger partial charge in [0, 0.05) is 14.5 Å². The highest BCUT2D eigenvalue weighted by Gasteiger charge is 2.12. The van der Waals surface area contributed by atoms with Crippen molar-refractivity contribution in [3.63, 3.8) is 0 Å². The standard InChI is InChI=1S/C13H8Br2Cl2N2O/c14-7-1-2-11(8(15)5-7)19-13(20)6-3-9(16)12(18)10(17)4-6/h1-5H,18H2,(H,19,20). The summed E-state index contributed by atoms with van der Waals surface area (Å²) in [5.41, 5.74) is 6.87. The molecule has 0 unspecified atom stereocenters. The summed E-state index contributed by atoms with van der Waals surface area (Å²) in [6.45, 7) is 0. The van der Waals surface area contributed by atoms with E-state index in [0.29, 0.717) is 11.3 Å². The van der Waals surface area contributed by atoms with Gasteiger partial charge >= 0.3 is 0 Å². The zero-order valence-corrected chi connectivity index (χ0v) is 14.6. The second-order valence-electron chi connectivity index (χ2n) is 3.93. The number of nitrogen functional groups attached to an aromatic ring is 1. The van der Waals surface area contributed by atoms with Crippen LogP contribution in [-0.4, -0.2) is 5.91 Å². The fourth-order valence-corrected chi connectivity index (χ4v) is 3.13. The molecule has 3 N–H and O–H groups in total. The lowest BCUT2D eigenvalue weighted by Gasteiger charge is -2.09. The average molecular weight is 439 g/mol. The number of nitrogens with one attached hydrogen (secondary N) is 1. The van der Waals surface area contributed by atoms with E-state index >= 15 is 0 Å². The van der Waals surface area contributed by atoms with Gasteiger partial charge in [-0.15, -0.1) is 0 Å². The van der Waals surface area contributed by atoms with Crippen molar-refractivity contribution in [3.05, 3.63) is 54.9 Å². The molecule has 0 heterocycles. The van der Waals surface area contributed by atoms with E-state index in [1.165, 1.54) is 12.1 Å². The molecule has 1 amide bonds. The van der Waals surface area contributed by atoms with Crippen molar-refractivity contribution in [1.82, 2.24) is 0 Å². The Morgan fingerprint density at radius 2 is 1.70 bits per heavy atom. The van der Waals surface area contributed by atoms with E-state index < -0.39 is 0 Å². The molecule has 0 spiro atoms. The molecule has 0 bridgehead atoms. The summed E-state index contributed by atoms with van der Waals surface area (Å²) in [6.07, 6.45) is 0. The van der Waals surface area contributed by atoms with Crippen LogP contribution in [0.2, 0.25) is 10.0 Å². The first kappa shape index (κ1) is 15.6. The number of halogens is 4. The lowest BCUT2D eigenvalue weighted by atomic mass is 10.2. The van der Waals surface area contributed by atoms with Crippen LogP contribution in [-0.2, 0) is 0 Å². The minimum absolute atomic E-state index is 0.248. The third-order valence-corrected chi connectivity index (χ3v) is 4.30. The zero-order chi connectivity index (χ0) is 14.9. The Bertz CT molecular complexity index is 669. The van der Waals surface area contributed by atoms with Crippen molar-refractivity contribution in [1.29, 1.82) is 0 Å². The first-order valence-electron chi connectivity index (χ1n) is 5.39. The van der Waals surface area contributed by atoms with Crippen molar-refractivity contribution in [2.75, 3.05) is 11.1 Å². The van der Waals surface area contributed by atoms with Crippen LogP contribution in [0.25, 0.3) is 0 Å². The Balaban J connectivity index is 2.28. The van der Waals surface area contributed by atoms with Gasteiger partial charge in [0.15, 0.2) is 0 Å². The van der Waals surface area contributed by atoms with Crippen LogP contribution < -0.4 is 11.1 Å². The molecule has 2 aromatic rings. The molecule has 0 saturated carbocycles. The molecule has 0 aliphatic heterocycles. The third-order valence-electron chi connectivity index (χ3n) is 2.52. The molecule has 104 valence electrons. The molecule has 0 aromatic heterocycles. The van der Waals surface area contributed by atoms with E-state index in [1.54, 1.807) is 6.07 Å². The van der Waals surface area contributed by atoms with Crippen LogP contribution in [0.5, 0.6) is 0 Å². The number of nitrogens with two attached hydrogens (primary N) is 1. The van der Waals surface area contributed by atoms with Crippen LogP contribution in [0.4, 0.5) is 11.4 Å². The lowest BCUT2D eigenvalue weighted by Crippen LogP contribution is -2.12. The van der Waals surface area contributed by atoms with Gasteiger partial charge in [-0.2, -0.15) is 0 Å². The van der Waals surface area contributed by atoms with E-state index in [0.717, 1.165) is 8.95 Å². The second-order valence-corrected chi connectivity index (χ2v) is 6.52. The summed E-state index contributed by atoms with van der Waals surface area (Å²) in [6, 6.07) is 8.38. The number of benzene rings is 2. The maximum atomic E-state index is 12.2. The molecular formula is C13H8Br2Cl2N2O. The van der Waals surface area contributed by atoms with Crippen molar-refractivity contribution in [3.8, 4) is 0 Å². The first-order chi connectivity index (χ1) is 9.38. The highest BCUT2D eigenvalue weighted by molar-refractivity contribution is 9.11. The number of rotatable bonds is 2. The highest BCUT2D eigenvalue weighted by atomic mass is 79.9. The number of hydrogen-bond acceptors (Lipinski definition) is 2. The summed E-state index contributed by atoms with van der Waals surface area (Å²) in [7, 11) is 0. The van der Waals surface area contributed by atoms with Crippen molar-refractivity contribution < 1.29 is 4.79 Å². The summed E-state index contributed by atoms with van der Waals surface area (Å²) in [4.78, 5) is 12.2. The van der Waals surface area contributed by atoms with Gasteiger partial charge in [-0.3, -0.25) is 4.79 Å². The molecule has 0 atom stereocenters. The van der Waals surface area contributed by atoms with Crippen LogP contribution in [0.1, 0.15) is 10.4 Å². The second kappa shape index (κ2) is 6.35. The van der Waals surface area contributed by atoms with Crippen LogP contribution in [0, 0.1) is 0 Å². The predicted octanol–water partition coefficient (Wildman–Crippen LogP) is 5.35. The molecule has 3 nitrogen and oxygen atoms in total. The third kappa shape index (κ3) is 3.47. The number of carbonyl (C=O) groups excluding carboxylic acids is 1. The van der Waals surface area contributed by atoms with Gasteiger partial charge in [-0.1, -0.05) is 39.1 Å². The minimum Gasteiger partial charge on any atom is -0.396 e. The maximum Gasteiger partial charge on any atom is 0.255 e. The Morgan fingerprint density at radius 1 is 1.10 bits per heavy atom. The SMILES string of the molecule is Nc1c(Cl)cc(C(=O)Nc2ccc(Br)cc2Br)cc1Cl. The molecule has 0 aliphatic rings. The molecule has 7 heteroatoms. The van der Waals surface area contributed by atoms with E-state index in [4.69, 9.17) is 28.9 Å². The van der Waals surface area contributed by atoms with Gasteiger partial charge in [0.2, 0.25) is 0 Å². The predicted molar refractivity (Wildman–Crippen MR) is 90.7 cm³/mol. The molecule has 2 aromatic carbocycles. The first-order valence-corrected chi connectivity index (χ1v) is 7.73. The molecule has 2 rings (SSSR count). The van der Waals surface area contributed by atoms with Gasteiger partial charge < -0.3 is 11.1 Å². The monoisotopic (exact) mass is 436 g/mol. The quantitative estimate of drug-likeness (QED) is 0.621. The average Bonchev–Trinajstić information content (AvgIpc) is 2.38. The van der Waals surface area contributed by atoms with Gasteiger partial charge in [-0.25, -0.2) is 0 Å². The van der Waals surface area contributed by atoms with Gasteiger partial charge in [-0.05, 0) is 46.3 Å². The largest absolute Gasteiger partial charge is 0.396 e. The van der Waals surface area contributed by atoms with Crippen LogP contribution in [0.3, 0.4) is 0 Å². The molecule has 0 aliphatic carbocycles. The fourth-order valence-electron chi connectivity index (χ4n) is 1.50. The van der Waals surface area contributed by atoms with Crippen LogP contribution >= 0.6 is 55.1 Å². The van der Waals surface area contributed by atoms with Crippen molar-refractivity contribution in [2.24, 2.45) is 0 Å². The minimum atomic E-state index is -0.322. The lowest BCUT2D eigenvalue weighted by molar-refractivity contribution is 0.102. The van der Waals surface area contributed by atoms with Crippen LogP contribution in [0.15, 0.2) is 39.3 Å². The zero-order valence-electron chi connectivity index (χ0n) is 9.88. The van der Waals surface area contributed by atoms with Gasteiger partial charge in [0.25, 0.3) is 5.91 Å². The smallest absolute Gasteiger partial charge is 0.255 e. The summed E-state index contributed by atoms with van der Waals surface area (Å²) < 4.78 is 1.66. The number of amides is 1. The number of anilines is 2. The van der Waals surface area contributed by atoms with E-state index in [1.807, 2.05) is 12.1 Å². The molecule has 0 fully saturated rings. The topological polar surface area (TPSA) is 55.1 Å². The number of carbonyl (C=O) groups is 1. The van der Waals surface area contributed by atoms with E-state index in [-0.39, 0.29) is 21.6 Å². The summed E-state index contributed by atoms with van der Waals surface area (Å²) >= 11 is 18.5. The Morgan fingerprint density at radius 3 is 2.25 bits per heavy atom. The molecule has 20 heavy (non-hydrogen) atoms. The normalized spacial score (nSPS) is 10.4. The van der Waals surface area contributed by atoms with Gasteiger partial charge in [0.1, 0.15) is 0 Å². The summed E-state index contributed by atoms with van der Waals surface area (Å²) in [5.74, 6) is -0.322.